The van der Waals surface area contributed by atoms with Crippen molar-refractivity contribution in [3.8, 4) is 23.3 Å². The predicted molar refractivity (Wildman–Crippen MR) is 127 cm³/mol. The SMILES string of the molecule is COc1cc(/C=C2\SC(NCCn3cccn3)=NC2=O)ccc1Oc1ccc(C#N)cc1C(F)(F)F. The number of amidine groups is 1. The molecule has 0 atom stereocenters. The van der Waals surface area contributed by atoms with Crippen LogP contribution in [0.25, 0.3) is 6.08 Å². The number of hydrogen-bond donors (Lipinski definition) is 1. The van der Waals surface area contributed by atoms with Crippen molar-refractivity contribution in [3.63, 3.8) is 0 Å². The Bertz CT molecular complexity index is 1380. The van der Waals surface area contributed by atoms with Crippen LogP contribution in [0.3, 0.4) is 0 Å². The molecule has 0 saturated heterocycles. The third-order valence-electron chi connectivity index (χ3n) is 4.92. The Morgan fingerprint density at radius 2 is 2.00 bits per heavy atom. The van der Waals surface area contributed by atoms with Gasteiger partial charge in [0.05, 0.1) is 35.8 Å². The van der Waals surface area contributed by atoms with Crippen LogP contribution in [0.4, 0.5) is 13.2 Å². The van der Waals surface area contributed by atoms with Gasteiger partial charge in [-0.05, 0) is 59.8 Å². The second-order valence-corrected chi connectivity index (χ2v) is 8.39. The molecule has 0 spiro atoms. The number of methoxy groups -OCH3 is 1. The molecule has 0 radical (unpaired) electrons. The van der Waals surface area contributed by atoms with Gasteiger partial charge >= 0.3 is 6.18 Å². The molecule has 1 aromatic heterocycles. The highest BCUT2D eigenvalue weighted by molar-refractivity contribution is 8.18. The van der Waals surface area contributed by atoms with Gasteiger partial charge in [0.15, 0.2) is 16.7 Å². The fourth-order valence-electron chi connectivity index (χ4n) is 3.23. The van der Waals surface area contributed by atoms with Gasteiger partial charge in [0, 0.05) is 18.9 Å². The first-order chi connectivity index (χ1) is 17.3. The molecule has 2 heterocycles. The molecule has 0 fully saturated rings. The Morgan fingerprint density at radius 1 is 1.19 bits per heavy atom. The number of carbonyl (C=O) groups excluding carboxylic acids is 1. The van der Waals surface area contributed by atoms with E-state index in [1.54, 1.807) is 29.1 Å². The number of aromatic nitrogens is 2. The van der Waals surface area contributed by atoms with Crippen LogP contribution in [0.1, 0.15) is 16.7 Å². The summed E-state index contributed by atoms with van der Waals surface area (Å²) in [5.74, 6) is -0.673. The normalized spacial score (nSPS) is 14.5. The van der Waals surface area contributed by atoms with Gasteiger partial charge in [-0.15, -0.1) is 0 Å². The standard InChI is InChI=1S/C24H18F3N5O3S/c1-34-20-12-15(13-21-22(33)31-23(36-21)29-8-10-32-9-2-7-30-32)3-6-19(20)35-18-5-4-16(14-28)11-17(18)24(25,26)27/h2-7,9,11-13H,8,10H2,1H3,(H,29,31,33)/b21-13-. The number of amides is 1. The van der Waals surface area contributed by atoms with Crippen molar-refractivity contribution < 1.29 is 27.4 Å². The summed E-state index contributed by atoms with van der Waals surface area (Å²) in [6, 6.07) is 11.1. The van der Waals surface area contributed by atoms with E-state index in [2.05, 4.69) is 15.4 Å². The number of nitrogens with one attached hydrogen (secondary N) is 1. The minimum Gasteiger partial charge on any atom is -0.493 e. The van der Waals surface area contributed by atoms with Gasteiger partial charge in [0.1, 0.15) is 5.75 Å². The number of hydrogen-bond acceptors (Lipinski definition) is 7. The van der Waals surface area contributed by atoms with Gasteiger partial charge in [-0.2, -0.15) is 28.5 Å². The quantitative estimate of drug-likeness (QED) is 0.452. The highest BCUT2D eigenvalue weighted by Gasteiger charge is 2.35. The molecule has 1 amide bonds. The minimum atomic E-state index is -4.72. The molecule has 4 rings (SSSR count). The molecule has 1 aliphatic rings. The first-order valence-corrected chi connectivity index (χ1v) is 11.3. The molecular formula is C24H18F3N5O3S. The molecule has 0 unspecified atom stereocenters. The van der Waals surface area contributed by atoms with Gasteiger partial charge in [-0.25, -0.2) is 0 Å². The predicted octanol–water partition coefficient (Wildman–Crippen LogP) is 4.83. The van der Waals surface area contributed by atoms with Crippen LogP contribution in [0.15, 0.2) is 64.8 Å². The maximum Gasteiger partial charge on any atom is 0.420 e. The molecule has 0 saturated carbocycles. The Hall–Kier alpha value is -4.24. The molecule has 1 aliphatic heterocycles. The van der Waals surface area contributed by atoms with Crippen molar-refractivity contribution in [1.29, 1.82) is 5.26 Å². The van der Waals surface area contributed by atoms with E-state index in [0.29, 0.717) is 28.7 Å². The van der Waals surface area contributed by atoms with Crippen molar-refractivity contribution in [2.75, 3.05) is 13.7 Å². The van der Waals surface area contributed by atoms with Crippen molar-refractivity contribution in [3.05, 3.63) is 76.5 Å². The van der Waals surface area contributed by atoms with E-state index < -0.39 is 23.4 Å². The Balaban J connectivity index is 1.48. The number of benzene rings is 2. The summed E-state index contributed by atoms with van der Waals surface area (Å²) in [5, 5.41) is 16.6. The highest BCUT2D eigenvalue weighted by Crippen LogP contribution is 2.41. The molecule has 3 aromatic rings. The molecule has 12 heteroatoms. The topological polar surface area (TPSA) is 102 Å². The fourth-order valence-corrected chi connectivity index (χ4v) is 4.07. The Morgan fingerprint density at radius 3 is 2.69 bits per heavy atom. The molecule has 2 aromatic carbocycles. The van der Waals surface area contributed by atoms with E-state index >= 15 is 0 Å². The Kier molecular flexibility index (Phi) is 7.30. The zero-order chi connectivity index (χ0) is 25.7. The smallest absolute Gasteiger partial charge is 0.420 e. The molecule has 0 bridgehead atoms. The van der Waals surface area contributed by atoms with Gasteiger partial charge in [-0.1, -0.05) is 6.07 Å². The number of carbonyl (C=O) groups is 1. The second kappa shape index (κ2) is 10.6. The van der Waals surface area contributed by atoms with E-state index in [0.717, 1.165) is 12.1 Å². The summed E-state index contributed by atoms with van der Waals surface area (Å²) in [5.41, 5.74) is -0.647. The van der Waals surface area contributed by atoms with Gasteiger partial charge in [0.2, 0.25) is 0 Å². The van der Waals surface area contributed by atoms with Crippen LogP contribution in [0.5, 0.6) is 17.2 Å². The van der Waals surface area contributed by atoms with E-state index in [4.69, 9.17) is 14.7 Å². The lowest BCUT2D eigenvalue weighted by molar-refractivity contribution is -0.138. The largest absolute Gasteiger partial charge is 0.493 e. The number of alkyl halides is 3. The molecule has 0 aliphatic carbocycles. The number of rotatable bonds is 7. The summed E-state index contributed by atoms with van der Waals surface area (Å²) < 4.78 is 53.0. The number of nitrogens with zero attached hydrogens (tertiary/aromatic N) is 4. The number of halogens is 3. The van der Waals surface area contributed by atoms with Crippen molar-refractivity contribution in [1.82, 2.24) is 15.1 Å². The fraction of sp³-hybridized carbons (Fsp3) is 0.167. The molecule has 184 valence electrons. The van der Waals surface area contributed by atoms with Gasteiger partial charge in [-0.3, -0.25) is 9.48 Å². The van der Waals surface area contributed by atoms with Crippen LogP contribution in [-0.2, 0) is 17.5 Å². The van der Waals surface area contributed by atoms with E-state index in [-0.39, 0.29) is 17.1 Å². The monoisotopic (exact) mass is 513 g/mol. The molecular weight excluding hydrogens is 495 g/mol. The van der Waals surface area contributed by atoms with E-state index in [1.807, 2.05) is 12.3 Å². The van der Waals surface area contributed by atoms with Crippen LogP contribution in [0, 0.1) is 11.3 Å². The highest BCUT2D eigenvalue weighted by atomic mass is 32.2. The summed E-state index contributed by atoms with van der Waals surface area (Å²) in [7, 11) is 1.35. The number of aliphatic imine (C=N–C) groups is 1. The van der Waals surface area contributed by atoms with Gasteiger partial charge < -0.3 is 14.8 Å². The number of ether oxygens (including phenoxy) is 2. The first-order valence-electron chi connectivity index (χ1n) is 10.5. The third-order valence-corrected chi connectivity index (χ3v) is 5.86. The van der Waals surface area contributed by atoms with Gasteiger partial charge in [0.25, 0.3) is 5.91 Å². The van der Waals surface area contributed by atoms with E-state index in [9.17, 15) is 18.0 Å². The van der Waals surface area contributed by atoms with Crippen LogP contribution in [0.2, 0.25) is 0 Å². The third kappa shape index (κ3) is 5.87. The van der Waals surface area contributed by atoms with Crippen LogP contribution in [-0.4, -0.2) is 34.5 Å². The van der Waals surface area contributed by atoms with Crippen molar-refractivity contribution >= 4 is 28.9 Å². The van der Waals surface area contributed by atoms with Crippen LogP contribution < -0.4 is 14.8 Å². The molecule has 36 heavy (non-hydrogen) atoms. The maximum absolute atomic E-state index is 13.5. The lowest BCUT2D eigenvalue weighted by Gasteiger charge is -2.16. The number of nitriles is 1. The van der Waals surface area contributed by atoms with Crippen LogP contribution >= 0.6 is 11.8 Å². The maximum atomic E-state index is 13.5. The average molecular weight is 514 g/mol. The summed E-state index contributed by atoms with van der Waals surface area (Å²) in [4.78, 5) is 16.7. The second-order valence-electron chi connectivity index (χ2n) is 7.36. The molecule has 8 nitrogen and oxygen atoms in total. The van der Waals surface area contributed by atoms with Crippen molar-refractivity contribution in [2.24, 2.45) is 4.99 Å². The number of thioether (sulfide) groups is 1. The summed E-state index contributed by atoms with van der Waals surface area (Å²) >= 11 is 1.18. The zero-order valence-corrected chi connectivity index (χ0v) is 19.6. The summed E-state index contributed by atoms with van der Waals surface area (Å²) in [6.07, 6.45) is 0.391. The molecule has 1 N–H and O–H groups in total. The minimum absolute atomic E-state index is 0.0393. The lowest BCUT2D eigenvalue weighted by atomic mass is 10.1. The lowest BCUT2D eigenvalue weighted by Crippen LogP contribution is -2.23. The first kappa shape index (κ1) is 24.9. The average Bonchev–Trinajstić information content (AvgIpc) is 3.49. The summed E-state index contributed by atoms with van der Waals surface area (Å²) in [6.45, 7) is 1.14. The van der Waals surface area contributed by atoms with Crippen molar-refractivity contribution in [2.45, 2.75) is 12.7 Å². The zero-order valence-electron chi connectivity index (χ0n) is 18.7. The Labute approximate surface area is 208 Å². The van der Waals surface area contributed by atoms with E-state index in [1.165, 1.54) is 37.1 Å².